The van der Waals surface area contributed by atoms with E-state index >= 15 is 0 Å². The fourth-order valence-electron chi connectivity index (χ4n) is 2.06. The van der Waals surface area contributed by atoms with E-state index < -0.39 is 46.2 Å². The number of carboxylic acids is 1. The van der Waals surface area contributed by atoms with E-state index in [0.717, 1.165) is 4.31 Å². The van der Waals surface area contributed by atoms with Gasteiger partial charge in [0.05, 0.1) is 11.2 Å². The van der Waals surface area contributed by atoms with Crippen LogP contribution in [0.3, 0.4) is 0 Å². The third kappa shape index (κ3) is 4.62. The molecule has 1 rings (SSSR count). The zero-order valence-corrected chi connectivity index (χ0v) is 11.9. The molecule has 0 saturated carbocycles. The number of carboxylic acid groups (broad SMARTS) is 1. The molecule has 0 amide bonds. The number of nitrogens with zero attached hydrogens (tertiary/aromatic N) is 1. The molecule has 1 N–H and O–H groups in total. The minimum absolute atomic E-state index is 0.0388. The second-order valence-corrected chi connectivity index (χ2v) is 7.39. The van der Waals surface area contributed by atoms with Gasteiger partial charge in [-0.15, -0.1) is 0 Å². The van der Waals surface area contributed by atoms with Crippen molar-refractivity contribution in [2.24, 2.45) is 5.41 Å². The Hall–Kier alpha value is -0.830. The average molecular weight is 317 g/mol. The molecule has 0 radical (unpaired) electrons. The van der Waals surface area contributed by atoms with Crippen molar-refractivity contribution in [3.8, 4) is 0 Å². The highest BCUT2D eigenvalue weighted by Gasteiger charge is 2.40. The second kappa shape index (κ2) is 5.88. The predicted molar refractivity (Wildman–Crippen MR) is 65.6 cm³/mol. The van der Waals surface area contributed by atoms with Gasteiger partial charge in [-0.3, -0.25) is 4.79 Å². The van der Waals surface area contributed by atoms with Gasteiger partial charge in [0, 0.05) is 19.5 Å². The molecule has 0 bridgehead atoms. The Morgan fingerprint density at radius 3 is 2.20 bits per heavy atom. The molecule has 0 aromatic rings. The molecule has 1 saturated heterocycles. The fourth-order valence-corrected chi connectivity index (χ4v) is 3.56. The zero-order chi connectivity index (χ0) is 15.6. The Morgan fingerprint density at radius 2 is 1.80 bits per heavy atom. The lowest BCUT2D eigenvalue weighted by Crippen LogP contribution is -2.45. The smallest absolute Gasteiger partial charge is 0.389 e. The van der Waals surface area contributed by atoms with Crippen LogP contribution in [0.4, 0.5) is 13.2 Å². The Labute approximate surface area is 115 Å². The van der Waals surface area contributed by atoms with Gasteiger partial charge in [0.25, 0.3) is 0 Å². The van der Waals surface area contributed by atoms with E-state index in [2.05, 4.69) is 0 Å². The van der Waals surface area contributed by atoms with Gasteiger partial charge in [0.2, 0.25) is 10.0 Å². The summed E-state index contributed by atoms with van der Waals surface area (Å²) in [6.07, 6.45) is -5.63. The van der Waals surface area contributed by atoms with E-state index in [4.69, 9.17) is 5.11 Å². The molecule has 0 aliphatic carbocycles. The van der Waals surface area contributed by atoms with Gasteiger partial charge in [-0.1, -0.05) is 0 Å². The van der Waals surface area contributed by atoms with Crippen LogP contribution in [0.15, 0.2) is 0 Å². The number of hydrogen-bond donors (Lipinski definition) is 1. The van der Waals surface area contributed by atoms with Crippen LogP contribution in [0.1, 0.15) is 32.6 Å². The van der Waals surface area contributed by atoms with Crippen LogP contribution in [0.25, 0.3) is 0 Å². The summed E-state index contributed by atoms with van der Waals surface area (Å²) in [7, 11) is -3.74. The molecule has 0 spiro atoms. The van der Waals surface area contributed by atoms with E-state index in [1.165, 1.54) is 0 Å². The molecule has 0 aromatic heterocycles. The SMILES string of the molecule is CC1(C(=O)O)CCN(S(=O)(=O)CCCC(F)(F)F)CC1. The number of halogens is 3. The molecule has 1 fully saturated rings. The summed E-state index contributed by atoms with van der Waals surface area (Å²) >= 11 is 0. The maximum absolute atomic E-state index is 12.0. The first kappa shape index (κ1) is 17.2. The molecule has 118 valence electrons. The van der Waals surface area contributed by atoms with Crippen LogP contribution in [-0.2, 0) is 14.8 Å². The van der Waals surface area contributed by atoms with E-state index in [1.54, 1.807) is 6.92 Å². The van der Waals surface area contributed by atoms with Crippen molar-refractivity contribution in [2.45, 2.75) is 38.8 Å². The molecule has 5 nitrogen and oxygen atoms in total. The van der Waals surface area contributed by atoms with E-state index in [1.807, 2.05) is 0 Å². The summed E-state index contributed by atoms with van der Waals surface area (Å²) in [6, 6.07) is 0. The van der Waals surface area contributed by atoms with Crippen molar-refractivity contribution >= 4 is 16.0 Å². The maximum atomic E-state index is 12.0. The Bertz CT molecular complexity index is 453. The predicted octanol–water partition coefficient (Wildman–Crippen LogP) is 1.85. The second-order valence-electron chi connectivity index (χ2n) is 5.30. The number of rotatable bonds is 5. The van der Waals surface area contributed by atoms with Gasteiger partial charge in [-0.2, -0.15) is 13.2 Å². The standard InChI is InChI=1S/C11H18F3NO4S/c1-10(9(16)17)4-6-15(7-5-10)20(18,19)8-2-3-11(12,13)14/h2-8H2,1H3,(H,16,17). The number of piperidine rings is 1. The average Bonchev–Trinajstić information content (AvgIpc) is 2.27. The molecule has 20 heavy (non-hydrogen) atoms. The van der Waals surface area contributed by atoms with Gasteiger partial charge in [-0.25, -0.2) is 12.7 Å². The monoisotopic (exact) mass is 317 g/mol. The van der Waals surface area contributed by atoms with Crippen LogP contribution in [0.5, 0.6) is 0 Å². The maximum Gasteiger partial charge on any atom is 0.389 e. The summed E-state index contributed by atoms with van der Waals surface area (Å²) < 4.78 is 60.8. The topological polar surface area (TPSA) is 74.7 Å². The fraction of sp³-hybridized carbons (Fsp3) is 0.909. The van der Waals surface area contributed by atoms with E-state index in [-0.39, 0.29) is 25.9 Å². The molecular formula is C11H18F3NO4S. The van der Waals surface area contributed by atoms with Crippen LogP contribution < -0.4 is 0 Å². The van der Waals surface area contributed by atoms with Crippen molar-refractivity contribution in [1.82, 2.24) is 4.31 Å². The lowest BCUT2D eigenvalue weighted by atomic mass is 9.81. The van der Waals surface area contributed by atoms with E-state index in [0.29, 0.717) is 0 Å². The van der Waals surface area contributed by atoms with Crippen LogP contribution in [-0.4, -0.2) is 48.8 Å². The van der Waals surface area contributed by atoms with E-state index in [9.17, 15) is 26.4 Å². The van der Waals surface area contributed by atoms with Gasteiger partial charge in [0.15, 0.2) is 0 Å². The number of sulfonamides is 1. The molecule has 0 aromatic carbocycles. The number of aliphatic carboxylic acids is 1. The molecule has 0 unspecified atom stereocenters. The highest BCUT2D eigenvalue weighted by atomic mass is 32.2. The third-order valence-electron chi connectivity index (χ3n) is 3.60. The molecule has 1 aliphatic heterocycles. The van der Waals surface area contributed by atoms with Gasteiger partial charge < -0.3 is 5.11 Å². The lowest BCUT2D eigenvalue weighted by molar-refractivity contribution is -0.150. The molecule has 1 heterocycles. The van der Waals surface area contributed by atoms with Crippen molar-refractivity contribution in [1.29, 1.82) is 0 Å². The largest absolute Gasteiger partial charge is 0.481 e. The number of hydrogen-bond acceptors (Lipinski definition) is 3. The van der Waals surface area contributed by atoms with Crippen molar-refractivity contribution in [3.05, 3.63) is 0 Å². The van der Waals surface area contributed by atoms with Crippen LogP contribution >= 0.6 is 0 Å². The van der Waals surface area contributed by atoms with Gasteiger partial charge >= 0.3 is 12.1 Å². The highest BCUT2D eigenvalue weighted by molar-refractivity contribution is 7.89. The molecule has 0 atom stereocenters. The summed E-state index contributed by atoms with van der Waals surface area (Å²) in [5.41, 5.74) is -0.960. The Balaban J connectivity index is 2.53. The first-order valence-electron chi connectivity index (χ1n) is 6.24. The van der Waals surface area contributed by atoms with Gasteiger partial charge in [0.1, 0.15) is 0 Å². The minimum Gasteiger partial charge on any atom is -0.481 e. The summed E-state index contributed by atoms with van der Waals surface area (Å²) in [6.45, 7) is 1.62. The normalized spacial score (nSPS) is 20.8. The third-order valence-corrected chi connectivity index (χ3v) is 5.55. The van der Waals surface area contributed by atoms with Crippen LogP contribution in [0.2, 0.25) is 0 Å². The zero-order valence-electron chi connectivity index (χ0n) is 11.1. The quantitative estimate of drug-likeness (QED) is 0.839. The summed E-state index contributed by atoms with van der Waals surface area (Å²) in [5.74, 6) is -1.54. The number of alkyl halides is 3. The van der Waals surface area contributed by atoms with Gasteiger partial charge in [-0.05, 0) is 26.2 Å². The first-order chi connectivity index (χ1) is 8.96. The minimum atomic E-state index is -4.36. The Morgan fingerprint density at radius 1 is 1.30 bits per heavy atom. The Kier molecular flexibility index (Phi) is 5.07. The molecule has 1 aliphatic rings. The van der Waals surface area contributed by atoms with Crippen LogP contribution in [0, 0.1) is 5.41 Å². The summed E-state index contributed by atoms with van der Waals surface area (Å²) in [4.78, 5) is 11.0. The summed E-state index contributed by atoms with van der Waals surface area (Å²) in [5, 5.41) is 9.02. The van der Waals surface area contributed by atoms with Crippen molar-refractivity contribution in [2.75, 3.05) is 18.8 Å². The number of carbonyl (C=O) groups is 1. The van der Waals surface area contributed by atoms with Crippen molar-refractivity contribution < 1.29 is 31.5 Å². The molecule has 9 heteroatoms. The first-order valence-corrected chi connectivity index (χ1v) is 7.85. The highest BCUT2D eigenvalue weighted by Crippen LogP contribution is 2.32. The molecular weight excluding hydrogens is 299 g/mol. The van der Waals surface area contributed by atoms with Crippen molar-refractivity contribution in [3.63, 3.8) is 0 Å². The lowest BCUT2D eigenvalue weighted by Gasteiger charge is -2.35.